The Morgan fingerprint density at radius 1 is 1.36 bits per heavy atom. The zero-order valence-electron chi connectivity index (χ0n) is 8.66. The maximum atomic E-state index is 10.8. The van der Waals surface area contributed by atoms with Crippen LogP contribution in [0.5, 0.6) is 0 Å². The first kappa shape index (κ1) is 11.9. The Kier molecular flexibility index (Phi) is 4.84. The lowest BCUT2D eigenvalue weighted by atomic mass is 10.3. The maximum Gasteiger partial charge on any atom is 0.147 e. The topological polar surface area (TPSA) is 55.4 Å². The Hall–Kier alpha value is -0.130. The summed E-state index contributed by atoms with van der Waals surface area (Å²) >= 11 is 0. The Morgan fingerprint density at radius 3 is 2.57 bits per heavy atom. The van der Waals surface area contributed by atoms with Gasteiger partial charge in [-0.3, -0.25) is 4.84 Å². The predicted molar refractivity (Wildman–Crippen MR) is 55.7 cm³/mol. The van der Waals surface area contributed by atoms with Crippen molar-refractivity contribution < 1.29 is 13.3 Å². The van der Waals surface area contributed by atoms with E-state index in [2.05, 4.69) is 5.48 Å². The van der Waals surface area contributed by atoms with Crippen LogP contribution in [-0.4, -0.2) is 33.1 Å². The smallest absolute Gasteiger partial charge is 0.147 e. The van der Waals surface area contributed by atoms with Crippen LogP contribution in [0.2, 0.25) is 0 Å². The van der Waals surface area contributed by atoms with Crippen LogP contribution in [0.4, 0.5) is 0 Å². The van der Waals surface area contributed by atoms with E-state index in [4.69, 9.17) is 4.84 Å². The van der Waals surface area contributed by atoms with Crippen molar-refractivity contribution in [2.24, 2.45) is 0 Å². The van der Waals surface area contributed by atoms with Gasteiger partial charge in [0, 0.05) is 12.8 Å². The first-order valence-corrected chi connectivity index (χ1v) is 7.20. The summed E-state index contributed by atoms with van der Waals surface area (Å²) in [6, 6.07) is 0. The Bertz CT molecular complexity index is 245. The number of hydrogen-bond acceptors (Lipinski definition) is 4. The van der Waals surface area contributed by atoms with E-state index in [1.165, 1.54) is 19.1 Å². The third kappa shape index (κ3) is 5.57. The number of hydrogen-bond donors (Lipinski definition) is 1. The van der Waals surface area contributed by atoms with E-state index in [-0.39, 0.29) is 5.75 Å². The summed E-state index contributed by atoms with van der Waals surface area (Å²) in [6.45, 7) is 0.615. The van der Waals surface area contributed by atoms with Crippen LogP contribution < -0.4 is 5.48 Å². The van der Waals surface area contributed by atoms with Gasteiger partial charge >= 0.3 is 0 Å². The highest BCUT2D eigenvalue weighted by Crippen LogP contribution is 2.19. The van der Waals surface area contributed by atoms with E-state index >= 15 is 0 Å². The van der Waals surface area contributed by atoms with Crippen LogP contribution in [0.15, 0.2) is 0 Å². The minimum atomic E-state index is -2.82. The summed E-state index contributed by atoms with van der Waals surface area (Å²) in [5.41, 5.74) is 2.84. The van der Waals surface area contributed by atoms with Gasteiger partial charge in [0.2, 0.25) is 0 Å². The molecular weight excluding hydrogens is 202 g/mol. The summed E-state index contributed by atoms with van der Waals surface area (Å²) in [4.78, 5) is 5.37. The Balaban J connectivity index is 1.94. The zero-order chi connectivity index (χ0) is 10.4. The van der Waals surface area contributed by atoms with E-state index in [0.717, 1.165) is 12.8 Å². The predicted octanol–water partition coefficient (Wildman–Crippen LogP) is 0.885. The van der Waals surface area contributed by atoms with Gasteiger partial charge in [-0.15, -0.1) is 0 Å². The fraction of sp³-hybridized carbons (Fsp3) is 1.00. The number of sulfone groups is 1. The molecule has 84 valence electrons. The maximum absolute atomic E-state index is 10.8. The molecule has 1 aliphatic carbocycles. The average Bonchev–Trinajstić information content (AvgIpc) is 2.54. The molecule has 0 bridgehead atoms. The molecule has 1 saturated carbocycles. The highest BCUT2D eigenvalue weighted by molar-refractivity contribution is 7.90. The SMILES string of the molecule is CS(=O)(=O)CCCNOC1CCCC1. The third-order valence-corrected chi connectivity index (χ3v) is 3.38. The molecule has 1 rings (SSSR count). The van der Waals surface area contributed by atoms with Gasteiger partial charge in [0.25, 0.3) is 0 Å². The number of nitrogens with one attached hydrogen (secondary N) is 1. The fourth-order valence-corrected chi connectivity index (χ4v) is 2.26. The van der Waals surface area contributed by atoms with Crippen LogP contribution >= 0.6 is 0 Å². The van der Waals surface area contributed by atoms with Crippen molar-refractivity contribution in [3.63, 3.8) is 0 Å². The molecule has 0 aromatic heterocycles. The number of rotatable bonds is 6. The molecule has 0 atom stereocenters. The van der Waals surface area contributed by atoms with Gasteiger partial charge in [-0.1, -0.05) is 12.8 Å². The van der Waals surface area contributed by atoms with E-state index in [1.54, 1.807) is 0 Å². The van der Waals surface area contributed by atoms with Gasteiger partial charge in [0.1, 0.15) is 9.84 Å². The molecule has 0 radical (unpaired) electrons. The molecule has 0 saturated heterocycles. The molecule has 0 heterocycles. The highest BCUT2D eigenvalue weighted by atomic mass is 32.2. The molecule has 0 spiro atoms. The summed E-state index contributed by atoms with van der Waals surface area (Å²) in [6.07, 6.45) is 6.95. The van der Waals surface area contributed by atoms with Crippen LogP contribution in [0.25, 0.3) is 0 Å². The van der Waals surface area contributed by atoms with Crippen LogP contribution in [0.3, 0.4) is 0 Å². The lowest BCUT2D eigenvalue weighted by Gasteiger charge is -2.10. The molecule has 1 fully saturated rings. The number of hydroxylamine groups is 1. The molecule has 14 heavy (non-hydrogen) atoms. The molecule has 4 nitrogen and oxygen atoms in total. The molecule has 0 aliphatic heterocycles. The highest BCUT2D eigenvalue weighted by Gasteiger charge is 2.15. The van der Waals surface area contributed by atoms with Crippen LogP contribution in [0, 0.1) is 0 Å². The zero-order valence-corrected chi connectivity index (χ0v) is 9.48. The normalized spacial score (nSPS) is 18.9. The van der Waals surface area contributed by atoms with Crippen molar-refractivity contribution in [1.82, 2.24) is 5.48 Å². The molecule has 1 N–H and O–H groups in total. The lowest BCUT2D eigenvalue weighted by molar-refractivity contribution is -0.0201. The molecule has 0 unspecified atom stereocenters. The van der Waals surface area contributed by atoms with Crippen LogP contribution in [0.1, 0.15) is 32.1 Å². The second kappa shape index (κ2) is 5.68. The fourth-order valence-electron chi connectivity index (χ4n) is 1.59. The van der Waals surface area contributed by atoms with Gasteiger partial charge < -0.3 is 0 Å². The lowest BCUT2D eigenvalue weighted by Crippen LogP contribution is -2.24. The summed E-state index contributed by atoms with van der Waals surface area (Å²) in [7, 11) is -2.82. The molecule has 0 aromatic carbocycles. The van der Waals surface area contributed by atoms with Crippen molar-refractivity contribution in [2.75, 3.05) is 18.6 Å². The van der Waals surface area contributed by atoms with Crippen molar-refractivity contribution in [3.8, 4) is 0 Å². The third-order valence-electron chi connectivity index (χ3n) is 2.35. The van der Waals surface area contributed by atoms with Crippen LogP contribution in [-0.2, 0) is 14.7 Å². The average molecular weight is 221 g/mol. The second-order valence-corrected chi connectivity index (χ2v) is 6.16. The largest absolute Gasteiger partial charge is 0.299 e. The standard InChI is InChI=1S/C9H19NO3S/c1-14(11,12)8-4-7-10-13-9-5-2-3-6-9/h9-10H,2-8H2,1H3. The van der Waals surface area contributed by atoms with Gasteiger partial charge in [-0.05, 0) is 19.3 Å². The quantitative estimate of drug-likeness (QED) is 0.534. The van der Waals surface area contributed by atoms with E-state index in [0.29, 0.717) is 19.1 Å². The first-order chi connectivity index (χ1) is 6.58. The summed E-state index contributed by atoms with van der Waals surface area (Å²) in [5.74, 6) is 0.230. The Morgan fingerprint density at radius 2 is 2.00 bits per heavy atom. The monoisotopic (exact) mass is 221 g/mol. The summed E-state index contributed by atoms with van der Waals surface area (Å²) in [5, 5.41) is 0. The van der Waals surface area contributed by atoms with Crippen molar-refractivity contribution in [1.29, 1.82) is 0 Å². The van der Waals surface area contributed by atoms with E-state index in [1.807, 2.05) is 0 Å². The minimum Gasteiger partial charge on any atom is -0.299 e. The molecule has 5 heteroatoms. The van der Waals surface area contributed by atoms with Gasteiger partial charge in [-0.2, -0.15) is 0 Å². The molecule has 0 amide bonds. The van der Waals surface area contributed by atoms with E-state index in [9.17, 15) is 8.42 Å². The molecular formula is C9H19NO3S. The Labute approximate surface area is 85.9 Å². The molecule has 0 aromatic rings. The minimum absolute atomic E-state index is 0.230. The van der Waals surface area contributed by atoms with Gasteiger partial charge in [-0.25, -0.2) is 13.9 Å². The first-order valence-electron chi connectivity index (χ1n) is 5.14. The summed E-state index contributed by atoms with van der Waals surface area (Å²) < 4.78 is 21.6. The van der Waals surface area contributed by atoms with Crippen molar-refractivity contribution >= 4 is 9.84 Å². The molecule has 1 aliphatic rings. The van der Waals surface area contributed by atoms with Crippen molar-refractivity contribution in [2.45, 2.75) is 38.2 Å². The second-order valence-electron chi connectivity index (χ2n) is 3.90. The van der Waals surface area contributed by atoms with E-state index < -0.39 is 9.84 Å². The van der Waals surface area contributed by atoms with Crippen molar-refractivity contribution in [3.05, 3.63) is 0 Å². The van der Waals surface area contributed by atoms with Gasteiger partial charge in [0.15, 0.2) is 0 Å². The van der Waals surface area contributed by atoms with Gasteiger partial charge in [0.05, 0.1) is 11.9 Å².